The molecule has 0 fully saturated rings. The SMILES string of the molecule is CCCOc1ccc2cc(-c3ccc(-c4ccc(CC)cc4)c(F)c3F)oc(=O)c2c1F. The van der Waals surface area contributed by atoms with Crippen LogP contribution in [0.15, 0.2) is 63.8 Å². The van der Waals surface area contributed by atoms with Crippen molar-refractivity contribution < 1.29 is 22.3 Å². The number of hydrogen-bond acceptors (Lipinski definition) is 3. The predicted molar refractivity (Wildman–Crippen MR) is 118 cm³/mol. The van der Waals surface area contributed by atoms with Crippen molar-refractivity contribution in [1.82, 2.24) is 0 Å². The van der Waals surface area contributed by atoms with Gasteiger partial charge in [0.15, 0.2) is 23.2 Å². The number of fused-ring (bicyclic) bond motifs is 1. The normalized spacial score (nSPS) is 11.2. The van der Waals surface area contributed by atoms with Gasteiger partial charge in [0, 0.05) is 5.56 Å². The van der Waals surface area contributed by atoms with Gasteiger partial charge in [-0.15, -0.1) is 0 Å². The lowest BCUT2D eigenvalue weighted by atomic mass is 9.99. The number of benzene rings is 3. The lowest BCUT2D eigenvalue weighted by Crippen LogP contribution is -2.06. The summed E-state index contributed by atoms with van der Waals surface area (Å²) in [6.45, 7) is 4.18. The molecule has 3 nitrogen and oxygen atoms in total. The van der Waals surface area contributed by atoms with Gasteiger partial charge in [0.2, 0.25) is 0 Å². The van der Waals surface area contributed by atoms with E-state index in [0.29, 0.717) is 18.6 Å². The third kappa shape index (κ3) is 3.88. The van der Waals surface area contributed by atoms with E-state index in [1.54, 1.807) is 12.1 Å². The van der Waals surface area contributed by atoms with Crippen molar-refractivity contribution in [2.24, 2.45) is 0 Å². The van der Waals surface area contributed by atoms with Crippen molar-refractivity contribution in [2.75, 3.05) is 6.61 Å². The summed E-state index contributed by atoms with van der Waals surface area (Å²) in [6.07, 6.45) is 1.51. The zero-order chi connectivity index (χ0) is 22.8. The monoisotopic (exact) mass is 438 g/mol. The van der Waals surface area contributed by atoms with Gasteiger partial charge in [-0.2, -0.15) is 0 Å². The van der Waals surface area contributed by atoms with E-state index in [2.05, 4.69) is 0 Å². The van der Waals surface area contributed by atoms with Crippen LogP contribution < -0.4 is 10.4 Å². The van der Waals surface area contributed by atoms with Crippen LogP contribution in [0.4, 0.5) is 13.2 Å². The first-order chi connectivity index (χ1) is 15.4. The molecular weight excluding hydrogens is 417 g/mol. The van der Waals surface area contributed by atoms with Crippen LogP contribution >= 0.6 is 0 Å². The summed E-state index contributed by atoms with van der Waals surface area (Å²) in [5.74, 6) is -3.28. The van der Waals surface area contributed by atoms with Gasteiger partial charge in [-0.05, 0) is 47.6 Å². The second-order valence-corrected chi connectivity index (χ2v) is 7.43. The summed E-state index contributed by atoms with van der Waals surface area (Å²) in [4.78, 5) is 12.5. The molecule has 4 aromatic rings. The van der Waals surface area contributed by atoms with Crippen LogP contribution in [0.3, 0.4) is 0 Å². The van der Waals surface area contributed by atoms with E-state index in [0.717, 1.165) is 12.0 Å². The average Bonchev–Trinajstić information content (AvgIpc) is 2.80. The van der Waals surface area contributed by atoms with Crippen LogP contribution in [0.1, 0.15) is 25.8 Å². The Bertz CT molecular complexity index is 1340. The molecule has 0 saturated heterocycles. The fourth-order valence-electron chi connectivity index (χ4n) is 3.56. The quantitative estimate of drug-likeness (QED) is 0.329. The van der Waals surface area contributed by atoms with Crippen LogP contribution in [-0.4, -0.2) is 6.61 Å². The number of aryl methyl sites for hydroxylation is 1. The smallest absolute Gasteiger partial charge is 0.347 e. The molecule has 1 aromatic heterocycles. The molecular formula is C26H21F3O3. The van der Waals surface area contributed by atoms with E-state index in [4.69, 9.17) is 9.15 Å². The van der Waals surface area contributed by atoms with Crippen molar-refractivity contribution in [3.63, 3.8) is 0 Å². The number of halogens is 3. The van der Waals surface area contributed by atoms with Crippen LogP contribution in [0, 0.1) is 17.5 Å². The maximum Gasteiger partial charge on any atom is 0.347 e. The highest BCUT2D eigenvalue weighted by molar-refractivity contribution is 5.86. The van der Waals surface area contributed by atoms with Gasteiger partial charge in [0.25, 0.3) is 0 Å². The molecule has 0 radical (unpaired) electrons. The van der Waals surface area contributed by atoms with Crippen molar-refractivity contribution in [3.05, 3.63) is 88.0 Å². The Balaban J connectivity index is 1.78. The maximum absolute atomic E-state index is 15.0. The van der Waals surface area contributed by atoms with Crippen molar-refractivity contribution in [2.45, 2.75) is 26.7 Å². The fraction of sp³-hybridized carbons (Fsp3) is 0.192. The first kappa shape index (κ1) is 21.7. The summed E-state index contributed by atoms with van der Waals surface area (Å²) >= 11 is 0. The molecule has 0 bridgehead atoms. The minimum atomic E-state index is -1.15. The molecule has 0 atom stereocenters. The molecule has 0 aliphatic rings. The lowest BCUT2D eigenvalue weighted by molar-refractivity contribution is 0.302. The summed E-state index contributed by atoms with van der Waals surface area (Å²) in [5.41, 5.74) is 0.505. The molecule has 0 unspecified atom stereocenters. The first-order valence-electron chi connectivity index (χ1n) is 10.4. The van der Waals surface area contributed by atoms with Crippen LogP contribution in [-0.2, 0) is 6.42 Å². The van der Waals surface area contributed by atoms with Crippen LogP contribution in [0.25, 0.3) is 33.2 Å². The van der Waals surface area contributed by atoms with Crippen molar-refractivity contribution in [3.8, 4) is 28.2 Å². The Morgan fingerprint density at radius 1 is 0.844 bits per heavy atom. The Labute approximate surface area is 183 Å². The molecule has 0 aliphatic heterocycles. The molecule has 4 rings (SSSR count). The van der Waals surface area contributed by atoms with Gasteiger partial charge in [-0.25, -0.2) is 18.0 Å². The van der Waals surface area contributed by atoms with Gasteiger partial charge in [0.1, 0.15) is 11.1 Å². The van der Waals surface area contributed by atoms with Gasteiger partial charge in [-0.3, -0.25) is 0 Å². The number of ether oxygens (including phenoxy) is 1. The maximum atomic E-state index is 15.0. The van der Waals surface area contributed by atoms with E-state index in [9.17, 15) is 18.0 Å². The van der Waals surface area contributed by atoms with E-state index >= 15 is 0 Å². The van der Waals surface area contributed by atoms with Crippen LogP contribution in [0.5, 0.6) is 5.75 Å². The molecule has 3 aromatic carbocycles. The number of hydrogen-bond donors (Lipinski definition) is 0. The Morgan fingerprint density at radius 2 is 1.53 bits per heavy atom. The van der Waals surface area contributed by atoms with Gasteiger partial charge in [-0.1, -0.05) is 50.2 Å². The van der Waals surface area contributed by atoms with Gasteiger partial charge < -0.3 is 9.15 Å². The largest absolute Gasteiger partial charge is 0.491 e. The minimum absolute atomic E-state index is 0.0601. The zero-order valence-corrected chi connectivity index (χ0v) is 17.7. The summed E-state index contributed by atoms with van der Waals surface area (Å²) in [7, 11) is 0. The molecule has 0 spiro atoms. The standard InChI is InChI=1S/C26H21F3O3/c1-3-13-31-20-12-9-17-14-21(32-26(30)22(17)25(20)29)19-11-10-18(23(27)24(19)28)16-7-5-15(4-2)6-8-16/h5-12,14H,3-4,13H2,1-2H3. The molecule has 0 amide bonds. The first-order valence-corrected chi connectivity index (χ1v) is 10.4. The molecule has 0 aliphatic carbocycles. The zero-order valence-electron chi connectivity index (χ0n) is 17.7. The molecule has 0 N–H and O–H groups in total. The molecule has 6 heteroatoms. The van der Waals surface area contributed by atoms with Crippen molar-refractivity contribution >= 4 is 10.8 Å². The summed E-state index contributed by atoms with van der Waals surface area (Å²) < 4.78 is 55.0. The number of rotatable bonds is 6. The molecule has 164 valence electrons. The second kappa shape index (κ2) is 8.91. The molecule has 32 heavy (non-hydrogen) atoms. The minimum Gasteiger partial charge on any atom is -0.491 e. The molecule has 1 heterocycles. The van der Waals surface area contributed by atoms with E-state index < -0.39 is 23.1 Å². The Morgan fingerprint density at radius 3 is 2.22 bits per heavy atom. The van der Waals surface area contributed by atoms with E-state index in [1.165, 1.54) is 30.3 Å². The Hall–Kier alpha value is -3.54. The van der Waals surface area contributed by atoms with E-state index in [1.807, 2.05) is 26.0 Å². The topological polar surface area (TPSA) is 39.4 Å². The fourth-order valence-corrected chi connectivity index (χ4v) is 3.56. The van der Waals surface area contributed by atoms with Gasteiger partial charge in [0.05, 0.1) is 12.2 Å². The third-order valence-corrected chi connectivity index (χ3v) is 5.31. The van der Waals surface area contributed by atoms with E-state index in [-0.39, 0.29) is 33.4 Å². The third-order valence-electron chi connectivity index (χ3n) is 5.31. The second-order valence-electron chi connectivity index (χ2n) is 7.43. The lowest BCUT2D eigenvalue weighted by Gasteiger charge is -2.11. The summed E-state index contributed by atoms with van der Waals surface area (Å²) in [5, 5.41) is -0.0903. The van der Waals surface area contributed by atoms with Gasteiger partial charge >= 0.3 is 5.63 Å². The predicted octanol–water partition coefficient (Wildman–Crippen LogP) is 6.90. The average molecular weight is 438 g/mol. The highest BCUT2D eigenvalue weighted by atomic mass is 19.2. The molecule has 0 saturated carbocycles. The highest BCUT2D eigenvalue weighted by Gasteiger charge is 2.20. The summed E-state index contributed by atoms with van der Waals surface area (Å²) in [6, 6.07) is 14.2. The van der Waals surface area contributed by atoms with Crippen molar-refractivity contribution in [1.29, 1.82) is 0 Å². The van der Waals surface area contributed by atoms with Crippen LogP contribution in [0.2, 0.25) is 0 Å². The highest BCUT2D eigenvalue weighted by Crippen LogP contribution is 2.33. The Kier molecular flexibility index (Phi) is 6.04.